The average Bonchev–Trinajstić information content (AvgIpc) is 1.87. The fraction of sp³-hybridized carbons (Fsp3) is 0.875. The Morgan fingerprint density at radius 2 is 2.00 bits per heavy atom. The third-order valence-electron chi connectivity index (χ3n) is 1.76. The quantitative estimate of drug-likeness (QED) is 0.605. The molecule has 0 aliphatic rings. The number of aliphatic hydroxyl groups is 2. The SMILES string of the molecule is [CH2]CCC(CCO)C(C)O. The predicted molar refractivity (Wildman–Crippen MR) is 41.5 cm³/mol. The van der Waals surface area contributed by atoms with Crippen molar-refractivity contribution >= 4 is 0 Å². The van der Waals surface area contributed by atoms with Crippen molar-refractivity contribution in [1.82, 2.24) is 0 Å². The van der Waals surface area contributed by atoms with E-state index in [-0.39, 0.29) is 18.6 Å². The van der Waals surface area contributed by atoms with E-state index < -0.39 is 0 Å². The third kappa shape index (κ3) is 3.85. The van der Waals surface area contributed by atoms with Crippen LogP contribution in [0.4, 0.5) is 0 Å². The molecule has 0 amide bonds. The van der Waals surface area contributed by atoms with Crippen molar-refractivity contribution in [3.05, 3.63) is 6.92 Å². The molecule has 61 valence electrons. The minimum absolute atomic E-state index is 0.162. The first-order valence-corrected chi connectivity index (χ1v) is 3.80. The van der Waals surface area contributed by atoms with Crippen LogP contribution in [0.1, 0.15) is 26.2 Å². The molecule has 1 radical (unpaired) electrons. The molecule has 2 heteroatoms. The highest BCUT2D eigenvalue weighted by molar-refractivity contribution is 4.64. The van der Waals surface area contributed by atoms with Gasteiger partial charge >= 0.3 is 0 Å². The Labute approximate surface area is 62.9 Å². The Hall–Kier alpha value is -0.0800. The molecule has 2 atom stereocenters. The number of rotatable bonds is 5. The number of hydrogen-bond acceptors (Lipinski definition) is 2. The Bertz CT molecular complexity index is 65.7. The molecule has 0 spiro atoms. The van der Waals surface area contributed by atoms with Gasteiger partial charge in [-0.25, -0.2) is 0 Å². The summed E-state index contributed by atoms with van der Waals surface area (Å²) in [5.41, 5.74) is 0. The highest BCUT2D eigenvalue weighted by atomic mass is 16.3. The van der Waals surface area contributed by atoms with Crippen LogP contribution in [0.5, 0.6) is 0 Å². The van der Waals surface area contributed by atoms with Gasteiger partial charge in [0.1, 0.15) is 0 Å². The van der Waals surface area contributed by atoms with Gasteiger partial charge in [0.15, 0.2) is 0 Å². The second kappa shape index (κ2) is 5.69. The van der Waals surface area contributed by atoms with Crippen molar-refractivity contribution in [1.29, 1.82) is 0 Å². The fourth-order valence-electron chi connectivity index (χ4n) is 1.05. The molecule has 0 aromatic heterocycles. The molecule has 0 fully saturated rings. The zero-order valence-electron chi connectivity index (χ0n) is 6.58. The van der Waals surface area contributed by atoms with Crippen LogP contribution in [0.2, 0.25) is 0 Å². The zero-order chi connectivity index (χ0) is 7.98. The van der Waals surface area contributed by atoms with E-state index in [4.69, 9.17) is 10.2 Å². The monoisotopic (exact) mass is 145 g/mol. The molecule has 0 aromatic carbocycles. The summed E-state index contributed by atoms with van der Waals surface area (Å²) in [5, 5.41) is 17.7. The van der Waals surface area contributed by atoms with E-state index in [1.807, 2.05) is 0 Å². The van der Waals surface area contributed by atoms with E-state index in [0.717, 1.165) is 12.8 Å². The summed E-state index contributed by atoms with van der Waals surface area (Å²) in [4.78, 5) is 0. The molecule has 0 rings (SSSR count). The van der Waals surface area contributed by atoms with E-state index in [1.54, 1.807) is 6.92 Å². The van der Waals surface area contributed by atoms with Gasteiger partial charge in [-0.3, -0.25) is 0 Å². The number of hydrogen-bond donors (Lipinski definition) is 2. The van der Waals surface area contributed by atoms with Gasteiger partial charge in [0.2, 0.25) is 0 Å². The molecular weight excluding hydrogens is 128 g/mol. The van der Waals surface area contributed by atoms with Crippen molar-refractivity contribution in [3.8, 4) is 0 Å². The molecule has 0 saturated heterocycles. The second-order valence-electron chi connectivity index (χ2n) is 2.66. The molecule has 0 aliphatic heterocycles. The molecule has 0 bridgehead atoms. The molecule has 0 aromatic rings. The highest BCUT2D eigenvalue weighted by Crippen LogP contribution is 2.14. The lowest BCUT2D eigenvalue weighted by molar-refractivity contribution is 0.0999. The summed E-state index contributed by atoms with van der Waals surface area (Å²) in [5.74, 6) is 0.225. The molecule has 0 heterocycles. The fourth-order valence-corrected chi connectivity index (χ4v) is 1.05. The van der Waals surface area contributed by atoms with E-state index >= 15 is 0 Å². The Kier molecular flexibility index (Phi) is 5.64. The third-order valence-corrected chi connectivity index (χ3v) is 1.76. The van der Waals surface area contributed by atoms with E-state index in [9.17, 15) is 0 Å². The predicted octanol–water partition coefficient (Wildman–Crippen LogP) is 0.980. The first-order chi connectivity index (χ1) is 4.72. The van der Waals surface area contributed by atoms with Crippen LogP contribution < -0.4 is 0 Å². The summed E-state index contributed by atoms with van der Waals surface area (Å²) in [7, 11) is 0. The first-order valence-electron chi connectivity index (χ1n) is 3.80. The number of aliphatic hydroxyl groups excluding tert-OH is 2. The molecular formula is C8H17O2. The molecule has 0 saturated carbocycles. The Balaban J connectivity index is 3.50. The van der Waals surface area contributed by atoms with E-state index in [1.165, 1.54) is 0 Å². The Morgan fingerprint density at radius 3 is 2.30 bits per heavy atom. The summed E-state index contributed by atoms with van der Waals surface area (Å²) in [6.45, 7) is 5.62. The topological polar surface area (TPSA) is 40.5 Å². The van der Waals surface area contributed by atoms with Crippen LogP contribution in [-0.2, 0) is 0 Å². The minimum Gasteiger partial charge on any atom is -0.396 e. The lowest BCUT2D eigenvalue weighted by Crippen LogP contribution is -2.17. The van der Waals surface area contributed by atoms with Gasteiger partial charge in [-0.05, 0) is 25.7 Å². The van der Waals surface area contributed by atoms with Gasteiger partial charge in [-0.1, -0.05) is 13.3 Å². The lowest BCUT2D eigenvalue weighted by Gasteiger charge is -2.17. The van der Waals surface area contributed by atoms with Crippen molar-refractivity contribution in [2.24, 2.45) is 5.92 Å². The van der Waals surface area contributed by atoms with Crippen LogP contribution in [0.25, 0.3) is 0 Å². The van der Waals surface area contributed by atoms with Crippen molar-refractivity contribution in [2.45, 2.75) is 32.3 Å². The molecule has 0 aliphatic carbocycles. The maximum Gasteiger partial charge on any atom is 0.0541 e. The summed E-state index contributed by atoms with van der Waals surface area (Å²) in [6, 6.07) is 0. The van der Waals surface area contributed by atoms with Crippen LogP contribution in [0.15, 0.2) is 0 Å². The normalized spacial score (nSPS) is 16.8. The van der Waals surface area contributed by atoms with Crippen LogP contribution >= 0.6 is 0 Å². The smallest absolute Gasteiger partial charge is 0.0541 e. The lowest BCUT2D eigenvalue weighted by atomic mass is 9.95. The summed E-state index contributed by atoms with van der Waals surface area (Å²) >= 11 is 0. The van der Waals surface area contributed by atoms with Crippen molar-refractivity contribution in [2.75, 3.05) is 6.61 Å². The molecule has 2 N–H and O–H groups in total. The van der Waals surface area contributed by atoms with Crippen LogP contribution in [0.3, 0.4) is 0 Å². The first kappa shape index (κ1) is 9.92. The van der Waals surface area contributed by atoms with Gasteiger partial charge in [-0.2, -0.15) is 0 Å². The van der Waals surface area contributed by atoms with E-state index in [0.29, 0.717) is 6.42 Å². The zero-order valence-corrected chi connectivity index (χ0v) is 6.58. The highest BCUT2D eigenvalue weighted by Gasteiger charge is 2.12. The van der Waals surface area contributed by atoms with Gasteiger partial charge < -0.3 is 10.2 Å². The van der Waals surface area contributed by atoms with Gasteiger partial charge in [0, 0.05) is 6.61 Å². The van der Waals surface area contributed by atoms with Crippen molar-refractivity contribution in [3.63, 3.8) is 0 Å². The largest absolute Gasteiger partial charge is 0.396 e. The standard InChI is InChI=1S/C8H17O2/c1-3-4-8(5-6-9)7(2)10/h7-10H,1,3-6H2,2H3. The van der Waals surface area contributed by atoms with E-state index in [2.05, 4.69) is 6.92 Å². The average molecular weight is 145 g/mol. The van der Waals surface area contributed by atoms with Crippen molar-refractivity contribution < 1.29 is 10.2 Å². The summed E-state index contributed by atoms with van der Waals surface area (Å²) in [6.07, 6.45) is 2.11. The maximum atomic E-state index is 9.14. The van der Waals surface area contributed by atoms with Crippen LogP contribution in [0, 0.1) is 12.8 Å². The van der Waals surface area contributed by atoms with Crippen LogP contribution in [-0.4, -0.2) is 22.9 Å². The maximum absolute atomic E-state index is 9.14. The molecule has 2 nitrogen and oxygen atoms in total. The van der Waals surface area contributed by atoms with Gasteiger partial charge in [-0.15, -0.1) is 0 Å². The Morgan fingerprint density at radius 1 is 1.40 bits per heavy atom. The second-order valence-corrected chi connectivity index (χ2v) is 2.66. The molecule has 10 heavy (non-hydrogen) atoms. The van der Waals surface area contributed by atoms with Gasteiger partial charge in [0.25, 0.3) is 0 Å². The summed E-state index contributed by atoms with van der Waals surface area (Å²) < 4.78 is 0. The van der Waals surface area contributed by atoms with Gasteiger partial charge in [0.05, 0.1) is 6.10 Å². The molecule has 2 unspecified atom stereocenters. The minimum atomic E-state index is -0.311.